The van der Waals surface area contributed by atoms with Gasteiger partial charge < -0.3 is 9.16 Å². The van der Waals surface area contributed by atoms with Crippen molar-refractivity contribution in [3.63, 3.8) is 0 Å². The normalized spacial score (nSPS) is 25.2. The van der Waals surface area contributed by atoms with E-state index in [1.807, 2.05) is 12.1 Å². The molecule has 0 radical (unpaired) electrons. The maximum Gasteiger partial charge on any atom is 0.232 e. The Morgan fingerprint density at radius 1 is 1.19 bits per heavy atom. The van der Waals surface area contributed by atoms with Crippen LogP contribution in [-0.2, 0) is 9.16 Å². The molecule has 1 aromatic rings. The third kappa shape index (κ3) is 5.40. The Kier molecular flexibility index (Phi) is 7.03. The van der Waals surface area contributed by atoms with Gasteiger partial charge in [0.2, 0.25) is 5.90 Å². The van der Waals surface area contributed by atoms with Crippen molar-refractivity contribution in [3.05, 3.63) is 29.6 Å². The third-order valence-corrected chi connectivity index (χ3v) is 6.40. The molecule has 0 aromatic carbocycles. The highest BCUT2D eigenvalue weighted by molar-refractivity contribution is 6.69. The zero-order chi connectivity index (χ0) is 19.5. The monoisotopic (exact) mass is 376 g/mol. The lowest BCUT2D eigenvalue weighted by Crippen LogP contribution is -2.38. The van der Waals surface area contributed by atoms with Gasteiger partial charge in [-0.3, -0.25) is 5.41 Å². The van der Waals surface area contributed by atoms with Crippen LogP contribution in [0.4, 0.5) is 0 Å². The molecule has 0 spiro atoms. The minimum atomic E-state index is -1.75. The number of hydrogen-bond acceptors (Lipinski definition) is 4. The molecule has 5 heteroatoms. The molecule has 146 valence electrons. The van der Waals surface area contributed by atoms with Crippen LogP contribution in [0.25, 0.3) is 0 Å². The van der Waals surface area contributed by atoms with E-state index in [9.17, 15) is 0 Å². The standard InChI is InChI=1S/C21H36N2O2Si/c1-14(2)16-12-11-15(3)13-17(16)20(25-26(5,6)7)18-9-8-10-19(23-18)21(22)24-4/h8-10,14-17,20,22H,11-13H2,1-7H3/t15-,16+,17+,20-/m1/s1. The number of nitrogens with zero attached hydrogens (tertiary/aromatic N) is 1. The SMILES string of the molecule is COC(=N)c1cccc([C@H](O[Si](C)(C)C)[C@H]2C[C@H](C)CC[C@H]2C(C)C)n1. The van der Waals surface area contributed by atoms with E-state index in [0.29, 0.717) is 23.4 Å². The molecule has 0 bridgehead atoms. The van der Waals surface area contributed by atoms with E-state index in [1.54, 1.807) is 0 Å². The summed E-state index contributed by atoms with van der Waals surface area (Å²) in [6.07, 6.45) is 3.76. The Labute approximate surface area is 160 Å². The van der Waals surface area contributed by atoms with Gasteiger partial charge in [0.15, 0.2) is 8.32 Å². The predicted molar refractivity (Wildman–Crippen MR) is 110 cm³/mol. The summed E-state index contributed by atoms with van der Waals surface area (Å²) in [5, 5.41) is 7.96. The van der Waals surface area contributed by atoms with E-state index in [1.165, 1.54) is 26.4 Å². The van der Waals surface area contributed by atoms with Gasteiger partial charge in [0, 0.05) is 0 Å². The second kappa shape index (κ2) is 8.66. The number of nitrogens with one attached hydrogen (secondary N) is 1. The van der Waals surface area contributed by atoms with Gasteiger partial charge in [0.25, 0.3) is 0 Å². The van der Waals surface area contributed by atoms with Gasteiger partial charge in [0.1, 0.15) is 5.69 Å². The number of ether oxygens (including phenoxy) is 1. The van der Waals surface area contributed by atoms with E-state index in [4.69, 9.17) is 19.6 Å². The molecule has 4 nitrogen and oxygen atoms in total. The predicted octanol–water partition coefficient (Wildman–Crippen LogP) is 5.65. The van der Waals surface area contributed by atoms with Crippen molar-refractivity contribution >= 4 is 14.2 Å². The molecule has 1 saturated carbocycles. The summed E-state index contributed by atoms with van der Waals surface area (Å²) in [5.41, 5.74) is 1.54. The number of methoxy groups -OCH3 is 1. The molecule has 4 atom stereocenters. The van der Waals surface area contributed by atoms with Gasteiger partial charge >= 0.3 is 0 Å². The van der Waals surface area contributed by atoms with Crippen LogP contribution in [0.3, 0.4) is 0 Å². The number of rotatable bonds is 6. The Hall–Kier alpha value is -1.20. The average molecular weight is 377 g/mol. The lowest BCUT2D eigenvalue weighted by molar-refractivity contribution is 0.0232. The third-order valence-electron chi connectivity index (χ3n) is 5.44. The fraction of sp³-hybridized carbons (Fsp3) is 0.714. The minimum absolute atomic E-state index is 0.00132. The molecular formula is C21H36N2O2Si. The van der Waals surface area contributed by atoms with Crippen LogP contribution >= 0.6 is 0 Å². The van der Waals surface area contributed by atoms with Crippen LogP contribution in [0.1, 0.15) is 57.5 Å². The molecule has 1 fully saturated rings. The lowest BCUT2D eigenvalue weighted by atomic mass is 9.67. The Morgan fingerprint density at radius 2 is 1.88 bits per heavy atom. The Balaban J connectivity index is 2.44. The van der Waals surface area contributed by atoms with Crippen LogP contribution < -0.4 is 0 Å². The molecule has 1 aliphatic rings. The molecule has 26 heavy (non-hydrogen) atoms. The fourth-order valence-electron chi connectivity index (χ4n) is 4.21. The highest BCUT2D eigenvalue weighted by atomic mass is 28.4. The first-order valence-corrected chi connectivity index (χ1v) is 13.3. The van der Waals surface area contributed by atoms with Crippen LogP contribution in [0.5, 0.6) is 0 Å². The number of hydrogen-bond donors (Lipinski definition) is 1. The van der Waals surface area contributed by atoms with E-state index < -0.39 is 8.32 Å². The zero-order valence-corrected chi connectivity index (χ0v) is 18.5. The van der Waals surface area contributed by atoms with Gasteiger partial charge in [0.05, 0.1) is 18.9 Å². The molecule has 1 aliphatic carbocycles. The van der Waals surface area contributed by atoms with Crippen LogP contribution in [0.15, 0.2) is 18.2 Å². The van der Waals surface area contributed by atoms with Gasteiger partial charge in [-0.25, -0.2) is 4.98 Å². The van der Waals surface area contributed by atoms with E-state index in [2.05, 4.69) is 46.5 Å². The fourth-order valence-corrected chi connectivity index (χ4v) is 5.27. The molecule has 2 rings (SSSR count). The van der Waals surface area contributed by atoms with Crippen molar-refractivity contribution in [1.82, 2.24) is 4.98 Å². The molecule has 1 aromatic heterocycles. The first kappa shape index (κ1) is 21.1. The van der Waals surface area contributed by atoms with Crippen molar-refractivity contribution in [2.75, 3.05) is 7.11 Å². The Morgan fingerprint density at radius 3 is 2.46 bits per heavy atom. The smallest absolute Gasteiger partial charge is 0.232 e. The molecule has 0 saturated heterocycles. The largest absolute Gasteiger partial charge is 0.480 e. The number of aromatic nitrogens is 1. The second-order valence-corrected chi connectivity index (χ2v) is 13.6. The molecule has 0 aliphatic heterocycles. The zero-order valence-electron chi connectivity index (χ0n) is 17.5. The van der Waals surface area contributed by atoms with Gasteiger partial charge in [-0.05, 0) is 68.3 Å². The summed E-state index contributed by atoms with van der Waals surface area (Å²) in [5.74, 6) is 2.60. The highest BCUT2D eigenvalue weighted by Crippen LogP contribution is 2.46. The first-order valence-electron chi connectivity index (χ1n) is 9.90. The lowest BCUT2D eigenvalue weighted by Gasteiger charge is -2.43. The van der Waals surface area contributed by atoms with Crippen molar-refractivity contribution in [2.24, 2.45) is 23.7 Å². The van der Waals surface area contributed by atoms with Crippen molar-refractivity contribution in [2.45, 2.75) is 65.8 Å². The summed E-state index contributed by atoms with van der Waals surface area (Å²) in [7, 11) is -0.233. The van der Waals surface area contributed by atoms with Crippen molar-refractivity contribution < 1.29 is 9.16 Å². The molecule has 0 unspecified atom stereocenters. The first-order chi connectivity index (χ1) is 12.1. The van der Waals surface area contributed by atoms with Crippen molar-refractivity contribution in [1.29, 1.82) is 5.41 Å². The molecule has 1 heterocycles. The summed E-state index contributed by atoms with van der Waals surface area (Å²) in [6.45, 7) is 13.8. The molecule has 0 amide bonds. The van der Waals surface area contributed by atoms with Gasteiger partial charge in [-0.15, -0.1) is 0 Å². The van der Waals surface area contributed by atoms with Gasteiger partial charge in [-0.2, -0.15) is 0 Å². The quantitative estimate of drug-likeness (QED) is 0.396. The second-order valence-electron chi connectivity index (χ2n) is 9.12. The summed E-state index contributed by atoms with van der Waals surface area (Å²) in [4.78, 5) is 4.77. The van der Waals surface area contributed by atoms with E-state index in [-0.39, 0.29) is 12.0 Å². The molecule has 1 N–H and O–H groups in total. The summed E-state index contributed by atoms with van der Waals surface area (Å²) < 4.78 is 11.8. The maximum atomic E-state index is 7.96. The molecular weight excluding hydrogens is 340 g/mol. The van der Waals surface area contributed by atoms with Crippen LogP contribution in [0.2, 0.25) is 19.6 Å². The van der Waals surface area contributed by atoms with Crippen LogP contribution in [0, 0.1) is 29.1 Å². The van der Waals surface area contributed by atoms with Gasteiger partial charge in [-0.1, -0.05) is 33.3 Å². The topological polar surface area (TPSA) is 55.2 Å². The van der Waals surface area contributed by atoms with E-state index in [0.717, 1.165) is 11.6 Å². The van der Waals surface area contributed by atoms with Crippen LogP contribution in [-0.4, -0.2) is 26.3 Å². The van der Waals surface area contributed by atoms with E-state index >= 15 is 0 Å². The minimum Gasteiger partial charge on any atom is -0.480 e. The number of pyridine rings is 1. The van der Waals surface area contributed by atoms with Crippen molar-refractivity contribution in [3.8, 4) is 0 Å². The summed E-state index contributed by atoms with van der Waals surface area (Å²) >= 11 is 0. The average Bonchev–Trinajstić information content (AvgIpc) is 2.58. The Bertz CT molecular complexity index is 612. The summed E-state index contributed by atoms with van der Waals surface area (Å²) in [6, 6.07) is 5.88. The highest BCUT2D eigenvalue weighted by Gasteiger charge is 2.39. The maximum absolute atomic E-state index is 7.96.